The van der Waals surface area contributed by atoms with Gasteiger partial charge in [-0.05, 0) is 24.8 Å². The van der Waals surface area contributed by atoms with E-state index in [2.05, 4.69) is 37.0 Å². The Hall–Kier alpha value is -1.24. The van der Waals surface area contributed by atoms with E-state index in [-0.39, 0.29) is 0 Å². The van der Waals surface area contributed by atoms with E-state index in [9.17, 15) is 0 Å². The molecular weight excluding hydrogens is 134 g/mol. The lowest BCUT2D eigenvalue weighted by Crippen LogP contribution is -2.02. The summed E-state index contributed by atoms with van der Waals surface area (Å²) in [6.07, 6.45) is 10.1. The van der Waals surface area contributed by atoms with E-state index < -0.39 is 0 Å². The molecule has 0 fully saturated rings. The molecule has 58 valence electrons. The minimum Gasteiger partial charge on any atom is -0.387 e. The summed E-state index contributed by atoms with van der Waals surface area (Å²) >= 11 is 0. The van der Waals surface area contributed by atoms with Crippen molar-refractivity contribution in [3.8, 4) is 0 Å². The second-order valence-corrected chi connectivity index (χ2v) is 2.61. The maximum absolute atomic E-state index is 3.87. The average Bonchev–Trinajstić information content (AvgIpc) is 2.02. The zero-order valence-electron chi connectivity index (χ0n) is 6.80. The summed E-state index contributed by atoms with van der Waals surface area (Å²) in [6.45, 7) is 6.82. The fraction of sp³-hybridized carbons (Fsp3) is 0.200. The molecule has 0 bridgehead atoms. The van der Waals surface area contributed by atoms with Crippen molar-refractivity contribution in [3.63, 3.8) is 0 Å². The van der Waals surface area contributed by atoms with Gasteiger partial charge in [0.1, 0.15) is 0 Å². The van der Waals surface area contributed by atoms with Crippen molar-refractivity contribution in [2.45, 2.75) is 6.92 Å². The van der Waals surface area contributed by atoms with E-state index in [1.165, 1.54) is 5.57 Å². The van der Waals surface area contributed by atoms with Crippen molar-refractivity contribution in [2.75, 3.05) is 6.54 Å². The molecule has 0 aromatic carbocycles. The third-order valence-corrected chi connectivity index (χ3v) is 1.44. The van der Waals surface area contributed by atoms with Crippen molar-refractivity contribution >= 4 is 0 Å². The molecule has 1 aliphatic heterocycles. The summed E-state index contributed by atoms with van der Waals surface area (Å²) < 4.78 is 0. The molecule has 0 spiro atoms. The lowest BCUT2D eigenvalue weighted by Gasteiger charge is -1.90. The quantitative estimate of drug-likeness (QED) is 0.553. The highest BCUT2D eigenvalue weighted by molar-refractivity contribution is 5.34. The minimum atomic E-state index is 0.884. The second-order valence-electron chi connectivity index (χ2n) is 2.61. The molecule has 0 saturated carbocycles. The van der Waals surface area contributed by atoms with Crippen molar-refractivity contribution in [1.82, 2.24) is 5.32 Å². The highest BCUT2D eigenvalue weighted by Crippen LogP contribution is 2.03. The molecule has 1 N–H and O–H groups in total. The van der Waals surface area contributed by atoms with Gasteiger partial charge in [-0.25, -0.2) is 0 Å². The Bertz CT molecular complexity index is 231. The van der Waals surface area contributed by atoms with Gasteiger partial charge in [-0.15, -0.1) is 0 Å². The van der Waals surface area contributed by atoms with Crippen LogP contribution in [-0.4, -0.2) is 6.54 Å². The molecule has 1 aliphatic rings. The molecule has 0 aliphatic carbocycles. The van der Waals surface area contributed by atoms with E-state index in [1.54, 1.807) is 0 Å². The van der Waals surface area contributed by atoms with Gasteiger partial charge in [0.15, 0.2) is 0 Å². The van der Waals surface area contributed by atoms with Crippen LogP contribution in [-0.2, 0) is 0 Å². The molecule has 0 aromatic heterocycles. The number of hydrogen-bond acceptors (Lipinski definition) is 1. The summed E-state index contributed by atoms with van der Waals surface area (Å²) in [4.78, 5) is 0. The smallest absolute Gasteiger partial charge is 0.0328 e. The number of hydrogen-bond donors (Lipinski definition) is 1. The predicted octanol–water partition coefficient (Wildman–Crippen LogP) is 2.16. The van der Waals surface area contributed by atoms with Gasteiger partial charge in [0.05, 0.1) is 0 Å². The van der Waals surface area contributed by atoms with Gasteiger partial charge in [-0.3, -0.25) is 0 Å². The Labute approximate surface area is 67.8 Å². The first kappa shape index (κ1) is 7.86. The lowest BCUT2D eigenvalue weighted by atomic mass is 10.2. The topological polar surface area (TPSA) is 12.0 Å². The lowest BCUT2D eigenvalue weighted by molar-refractivity contribution is 0.985. The number of allylic oxidation sites excluding steroid dienone is 5. The normalized spacial score (nSPS) is 28.5. The van der Waals surface area contributed by atoms with Gasteiger partial charge in [0, 0.05) is 6.54 Å². The van der Waals surface area contributed by atoms with Crippen LogP contribution in [0.2, 0.25) is 0 Å². The molecule has 0 saturated heterocycles. The van der Waals surface area contributed by atoms with Crippen LogP contribution in [0.4, 0.5) is 0 Å². The van der Waals surface area contributed by atoms with Crippen LogP contribution in [0.25, 0.3) is 0 Å². The molecule has 0 atom stereocenters. The summed E-state index contributed by atoms with van der Waals surface area (Å²) in [6, 6.07) is 0. The second kappa shape index (κ2) is 3.81. The summed E-state index contributed by atoms with van der Waals surface area (Å²) in [5.74, 6) is 0. The zero-order valence-corrected chi connectivity index (χ0v) is 6.80. The van der Waals surface area contributed by atoms with Crippen LogP contribution in [0.3, 0.4) is 0 Å². The molecule has 0 radical (unpaired) electrons. The van der Waals surface area contributed by atoms with Crippen LogP contribution in [0, 0.1) is 0 Å². The van der Waals surface area contributed by atoms with Gasteiger partial charge in [0.25, 0.3) is 0 Å². The van der Waals surface area contributed by atoms with Crippen LogP contribution in [0.1, 0.15) is 6.92 Å². The van der Waals surface area contributed by atoms with Crippen molar-refractivity contribution < 1.29 is 0 Å². The Morgan fingerprint density at radius 2 is 2.27 bits per heavy atom. The monoisotopic (exact) mass is 147 g/mol. The van der Waals surface area contributed by atoms with E-state index >= 15 is 0 Å². The fourth-order valence-corrected chi connectivity index (χ4v) is 0.936. The van der Waals surface area contributed by atoms with Crippen molar-refractivity contribution in [2.24, 2.45) is 0 Å². The van der Waals surface area contributed by atoms with Crippen LogP contribution in [0.15, 0.2) is 48.2 Å². The molecule has 11 heavy (non-hydrogen) atoms. The molecule has 1 nitrogen and oxygen atoms in total. The first-order valence-electron chi connectivity index (χ1n) is 3.73. The third-order valence-electron chi connectivity index (χ3n) is 1.44. The Kier molecular flexibility index (Phi) is 2.73. The SMILES string of the molecule is C=C1/C=C\NC/C=C\C(C)=C/1. The summed E-state index contributed by atoms with van der Waals surface area (Å²) in [7, 11) is 0. The zero-order chi connectivity index (χ0) is 8.10. The first-order valence-corrected chi connectivity index (χ1v) is 3.73. The van der Waals surface area contributed by atoms with Crippen LogP contribution >= 0.6 is 0 Å². The average molecular weight is 147 g/mol. The third kappa shape index (κ3) is 2.89. The van der Waals surface area contributed by atoms with Gasteiger partial charge in [-0.1, -0.05) is 30.4 Å². The Balaban J connectivity index is 2.79. The van der Waals surface area contributed by atoms with Gasteiger partial charge in [-0.2, -0.15) is 0 Å². The van der Waals surface area contributed by atoms with E-state index in [0.717, 1.165) is 12.1 Å². The highest BCUT2D eigenvalue weighted by atomic mass is 14.8. The van der Waals surface area contributed by atoms with E-state index in [4.69, 9.17) is 0 Å². The van der Waals surface area contributed by atoms with Gasteiger partial charge >= 0.3 is 0 Å². The fourth-order valence-electron chi connectivity index (χ4n) is 0.936. The first-order chi connectivity index (χ1) is 5.29. The number of rotatable bonds is 0. The van der Waals surface area contributed by atoms with Crippen molar-refractivity contribution in [3.05, 3.63) is 48.2 Å². The molecule has 0 unspecified atom stereocenters. The Morgan fingerprint density at radius 1 is 1.45 bits per heavy atom. The standard InChI is InChI=1S/C10H13N/c1-9-4-3-6-11-7-5-10(2)8-9/h3-5,7-8,11H,2,6H2,1H3/b4-3-,7-5-,9-8-. The molecule has 1 heteroatoms. The maximum Gasteiger partial charge on any atom is 0.0328 e. The summed E-state index contributed by atoms with van der Waals surface area (Å²) in [5, 5.41) is 3.12. The van der Waals surface area contributed by atoms with Crippen molar-refractivity contribution in [1.29, 1.82) is 0 Å². The molecule has 0 amide bonds. The minimum absolute atomic E-state index is 0.884. The van der Waals surface area contributed by atoms with Crippen LogP contribution < -0.4 is 5.32 Å². The largest absolute Gasteiger partial charge is 0.387 e. The van der Waals surface area contributed by atoms with Gasteiger partial charge in [0.2, 0.25) is 0 Å². The Morgan fingerprint density at radius 3 is 3.09 bits per heavy atom. The molecule has 1 heterocycles. The van der Waals surface area contributed by atoms with E-state index in [1.807, 2.05) is 12.3 Å². The highest BCUT2D eigenvalue weighted by Gasteiger charge is 1.86. The number of nitrogens with one attached hydrogen (secondary N) is 1. The molecule has 0 aromatic rings. The van der Waals surface area contributed by atoms with Gasteiger partial charge < -0.3 is 5.32 Å². The maximum atomic E-state index is 3.87. The molecule has 1 rings (SSSR count). The van der Waals surface area contributed by atoms with Crippen LogP contribution in [0.5, 0.6) is 0 Å². The summed E-state index contributed by atoms with van der Waals surface area (Å²) in [5.41, 5.74) is 2.27. The molecular formula is C10H13N. The van der Waals surface area contributed by atoms with E-state index in [0.29, 0.717) is 0 Å². The predicted molar refractivity (Wildman–Crippen MR) is 49.2 cm³/mol.